The molecule has 1 aliphatic rings. The van der Waals surface area contributed by atoms with E-state index in [0.717, 1.165) is 32.1 Å². The Hall–Kier alpha value is -0.870. The molecule has 4 nitrogen and oxygen atoms in total. The first kappa shape index (κ1) is 15.5. The van der Waals surface area contributed by atoms with Crippen LogP contribution in [0, 0.1) is 19.8 Å². The molecule has 0 radical (unpaired) electrons. The number of hydrogen-bond acceptors (Lipinski definition) is 3. The van der Waals surface area contributed by atoms with Crippen LogP contribution in [0.5, 0.6) is 0 Å². The number of likely N-dealkylation sites (N-methyl/N-ethyl adjacent to an activating group) is 1. The highest BCUT2D eigenvalue weighted by Gasteiger charge is 2.21. The summed E-state index contributed by atoms with van der Waals surface area (Å²) >= 11 is 0. The van der Waals surface area contributed by atoms with Crippen molar-refractivity contribution in [3.05, 3.63) is 17.0 Å². The Balaban J connectivity index is 2.00. The van der Waals surface area contributed by atoms with Crippen LogP contribution < -0.4 is 5.32 Å². The van der Waals surface area contributed by atoms with Crippen molar-refractivity contribution in [3.8, 4) is 0 Å². The second-order valence-electron chi connectivity index (χ2n) is 6.02. The highest BCUT2D eigenvalue weighted by atomic mass is 16.5. The van der Waals surface area contributed by atoms with E-state index in [1.807, 2.05) is 11.7 Å². The quantitative estimate of drug-likeness (QED) is 0.869. The zero-order valence-corrected chi connectivity index (χ0v) is 13.4. The van der Waals surface area contributed by atoms with Gasteiger partial charge in [-0.2, -0.15) is 5.10 Å². The normalized spacial score (nSPS) is 18.4. The number of rotatable bonds is 6. The maximum Gasteiger partial charge on any atom is 0.0628 e. The van der Waals surface area contributed by atoms with Crippen LogP contribution in [0.2, 0.25) is 0 Å². The summed E-state index contributed by atoms with van der Waals surface area (Å²) in [6.07, 6.45) is 4.78. The molecule has 0 saturated carbocycles. The van der Waals surface area contributed by atoms with Crippen molar-refractivity contribution in [3.63, 3.8) is 0 Å². The van der Waals surface area contributed by atoms with Gasteiger partial charge in [-0.15, -0.1) is 0 Å². The minimum atomic E-state index is 0.560. The molecule has 1 fully saturated rings. The summed E-state index contributed by atoms with van der Waals surface area (Å²) in [4.78, 5) is 0. The zero-order valence-electron chi connectivity index (χ0n) is 13.4. The van der Waals surface area contributed by atoms with Crippen molar-refractivity contribution in [2.75, 3.05) is 19.8 Å². The zero-order chi connectivity index (χ0) is 14.5. The highest BCUT2D eigenvalue weighted by molar-refractivity contribution is 5.25. The average Bonchev–Trinajstić information content (AvgIpc) is 2.67. The fraction of sp³-hybridized carbons (Fsp3) is 0.812. The molecule has 2 rings (SSSR count). The van der Waals surface area contributed by atoms with E-state index in [1.54, 1.807) is 0 Å². The molecule has 1 atom stereocenters. The third kappa shape index (κ3) is 3.83. The van der Waals surface area contributed by atoms with Crippen molar-refractivity contribution in [1.82, 2.24) is 15.1 Å². The van der Waals surface area contributed by atoms with Crippen molar-refractivity contribution in [2.45, 2.75) is 52.5 Å². The fourth-order valence-electron chi connectivity index (χ4n) is 3.27. The average molecular weight is 279 g/mol. The summed E-state index contributed by atoms with van der Waals surface area (Å²) in [5.41, 5.74) is 3.91. The summed E-state index contributed by atoms with van der Waals surface area (Å²) < 4.78 is 7.47. The highest BCUT2D eigenvalue weighted by Crippen LogP contribution is 2.23. The molecule has 0 amide bonds. The maximum atomic E-state index is 5.47. The minimum absolute atomic E-state index is 0.560. The minimum Gasteiger partial charge on any atom is -0.381 e. The third-order valence-corrected chi connectivity index (χ3v) is 4.56. The molecule has 1 aromatic rings. The molecule has 20 heavy (non-hydrogen) atoms. The Morgan fingerprint density at radius 1 is 1.35 bits per heavy atom. The van der Waals surface area contributed by atoms with E-state index in [4.69, 9.17) is 4.74 Å². The molecule has 1 unspecified atom stereocenters. The molecule has 1 aromatic heterocycles. The standard InChI is InChI=1S/C16H29N3O/c1-5-17-15(10-14-6-8-20-9-7-14)11-16-12(2)18-19(4)13(16)3/h14-15,17H,5-11H2,1-4H3. The number of aryl methyl sites for hydroxylation is 2. The molecular weight excluding hydrogens is 250 g/mol. The smallest absolute Gasteiger partial charge is 0.0628 e. The Morgan fingerprint density at radius 3 is 2.60 bits per heavy atom. The summed E-state index contributed by atoms with van der Waals surface area (Å²) in [5, 5.41) is 8.20. The van der Waals surface area contributed by atoms with Gasteiger partial charge in [-0.05, 0) is 57.6 Å². The number of hydrogen-bond donors (Lipinski definition) is 1. The van der Waals surface area contributed by atoms with Crippen molar-refractivity contribution in [2.24, 2.45) is 13.0 Å². The van der Waals surface area contributed by atoms with E-state index in [-0.39, 0.29) is 0 Å². The summed E-state index contributed by atoms with van der Waals surface area (Å²) in [5.74, 6) is 0.810. The van der Waals surface area contributed by atoms with Gasteiger partial charge in [-0.1, -0.05) is 6.92 Å². The van der Waals surface area contributed by atoms with Crippen molar-refractivity contribution in [1.29, 1.82) is 0 Å². The van der Waals surface area contributed by atoms with E-state index in [0.29, 0.717) is 6.04 Å². The lowest BCUT2D eigenvalue weighted by atomic mass is 9.89. The predicted molar refractivity (Wildman–Crippen MR) is 82.0 cm³/mol. The Kier molecular flexibility index (Phi) is 5.61. The first-order chi connectivity index (χ1) is 9.61. The maximum absolute atomic E-state index is 5.47. The molecule has 0 bridgehead atoms. The molecule has 0 aliphatic carbocycles. The Labute approximate surface area is 122 Å². The van der Waals surface area contributed by atoms with Crippen LogP contribution in [0.3, 0.4) is 0 Å². The van der Waals surface area contributed by atoms with Gasteiger partial charge >= 0.3 is 0 Å². The molecule has 2 heterocycles. The van der Waals surface area contributed by atoms with Gasteiger partial charge in [0.25, 0.3) is 0 Å². The van der Waals surface area contributed by atoms with Crippen LogP contribution in [-0.2, 0) is 18.2 Å². The van der Waals surface area contributed by atoms with Crippen LogP contribution in [0.4, 0.5) is 0 Å². The lowest BCUT2D eigenvalue weighted by Crippen LogP contribution is -2.34. The summed E-state index contributed by atoms with van der Waals surface area (Å²) in [6.45, 7) is 9.40. The molecule has 0 aromatic carbocycles. The van der Waals surface area contributed by atoms with Crippen LogP contribution in [-0.4, -0.2) is 35.6 Å². The van der Waals surface area contributed by atoms with E-state index in [9.17, 15) is 0 Å². The van der Waals surface area contributed by atoms with Crippen LogP contribution in [0.15, 0.2) is 0 Å². The lowest BCUT2D eigenvalue weighted by molar-refractivity contribution is 0.0606. The summed E-state index contributed by atoms with van der Waals surface area (Å²) in [7, 11) is 2.03. The third-order valence-electron chi connectivity index (χ3n) is 4.56. The largest absolute Gasteiger partial charge is 0.381 e. The predicted octanol–water partition coefficient (Wildman–Crippen LogP) is 2.37. The Bertz CT molecular complexity index is 422. The van der Waals surface area contributed by atoms with Crippen LogP contribution in [0.25, 0.3) is 0 Å². The number of nitrogens with zero attached hydrogens (tertiary/aromatic N) is 2. The fourth-order valence-corrected chi connectivity index (χ4v) is 3.27. The van der Waals surface area contributed by atoms with Gasteiger partial charge in [0, 0.05) is 32.0 Å². The molecule has 0 spiro atoms. The van der Waals surface area contributed by atoms with Crippen molar-refractivity contribution >= 4 is 0 Å². The molecule has 1 N–H and O–H groups in total. The van der Waals surface area contributed by atoms with Gasteiger partial charge in [0.05, 0.1) is 5.69 Å². The second-order valence-corrected chi connectivity index (χ2v) is 6.02. The van der Waals surface area contributed by atoms with E-state index < -0.39 is 0 Å². The van der Waals surface area contributed by atoms with Gasteiger partial charge in [0.2, 0.25) is 0 Å². The van der Waals surface area contributed by atoms with Crippen molar-refractivity contribution < 1.29 is 4.74 Å². The topological polar surface area (TPSA) is 39.1 Å². The number of nitrogens with one attached hydrogen (secondary N) is 1. The molecule has 4 heteroatoms. The van der Waals surface area contributed by atoms with Crippen LogP contribution in [0.1, 0.15) is 43.1 Å². The first-order valence-electron chi connectivity index (χ1n) is 7.92. The molecular formula is C16H29N3O. The van der Waals surface area contributed by atoms with E-state index in [1.165, 1.54) is 36.2 Å². The SMILES string of the molecule is CCNC(Cc1c(C)nn(C)c1C)CC1CCOCC1. The first-order valence-corrected chi connectivity index (χ1v) is 7.92. The molecule has 114 valence electrons. The van der Waals surface area contributed by atoms with Crippen LogP contribution >= 0.6 is 0 Å². The second kappa shape index (κ2) is 7.23. The molecule has 1 saturated heterocycles. The van der Waals surface area contributed by atoms with E-state index >= 15 is 0 Å². The van der Waals surface area contributed by atoms with Gasteiger partial charge < -0.3 is 10.1 Å². The molecule has 1 aliphatic heterocycles. The lowest BCUT2D eigenvalue weighted by Gasteiger charge is -2.27. The van der Waals surface area contributed by atoms with Gasteiger partial charge in [0.1, 0.15) is 0 Å². The Morgan fingerprint density at radius 2 is 2.05 bits per heavy atom. The van der Waals surface area contributed by atoms with Gasteiger partial charge in [0.15, 0.2) is 0 Å². The number of aromatic nitrogens is 2. The summed E-state index contributed by atoms with van der Waals surface area (Å²) in [6, 6.07) is 0.560. The number of ether oxygens (including phenoxy) is 1. The van der Waals surface area contributed by atoms with E-state index in [2.05, 4.69) is 31.2 Å². The van der Waals surface area contributed by atoms with Gasteiger partial charge in [-0.3, -0.25) is 4.68 Å². The monoisotopic (exact) mass is 279 g/mol. The van der Waals surface area contributed by atoms with Gasteiger partial charge in [-0.25, -0.2) is 0 Å².